The topological polar surface area (TPSA) is 114 Å². The molecule has 0 radical (unpaired) electrons. The second-order valence-corrected chi connectivity index (χ2v) is 9.92. The van der Waals surface area contributed by atoms with Crippen molar-refractivity contribution in [3.05, 3.63) is 47.8 Å². The largest absolute Gasteiger partial charge is 0.364 e. The molecule has 2 heterocycles. The van der Waals surface area contributed by atoms with Gasteiger partial charge in [-0.25, -0.2) is 8.42 Å². The summed E-state index contributed by atoms with van der Waals surface area (Å²) < 4.78 is 28.5. The SMILES string of the molecule is CC(C)c1ccc(NC(=O)C2CCN(S(=O)(=O)c3cc(C(N)=O)n(C)c3)CC2)cc1. The molecule has 1 aromatic carbocycles. The Morgan fingerprint density at radius 1 is 1.13 bits per heavy atom. The van der Waals surface area contributed by atoms with Crippen LogP contribution in [0.3, 0.4) is 0 Å². The summed E-state index contributed by atoms with van der Waals surface area (Å²) in [6.07, 6.45) is 2.25. The Morgan fingerprint density at radius 2 is 1.73 bits per heavy atom. The summed E-state index contributed by atoms with van der Waals surface area (Å²) in [4.78, 5) is 24.0. The van der Waals surface area contributed by atoms with Crippen LogP contribution in [-0.4, -0.2) is 42.2 Å². The standard InChI is InChI=1S/C21H28N4O4S/c1-14(2)15-4-6-17(7-5-15)23-21(27)16-8-10-25(11-9-16)30(28,29)18-12-19(20(22)26)24(3)13-18/h4-7,12-14,16H,8-11H2,1-3H3,(H2,22,26)(H,23,27). The molecule has 0 saturated carbocycles. The molecule has 0 unspecified atom stereocenters. The van der Waals surface area contributed by atoms with Crippen LogP contribution >= 0.6 is 0 Å². The minimum Gasteiger partial charge on any atom is -0.364 e. The van der Waals surface area contributed by atoms with E-state index in [1.807, 2.05) is 24.3 Å². The highest BCUT2D eigenvalue weighted by atomic mass is 32.2. The summed E-state index contributed by atoms with van der Waals surface area (Å²) in [5.74, 6) is -0.612. The van der Waals surface area contributed by atoms with Crippen LogP contribution in [0.4, 0.5) is 5.69 Å². The molecular weight excluding hydrogens is 404 g/mol. The van der Waals surface area contributed by atoms with Crippen molar-refractivity contribution >= 4 is 27.5 Å². The summed E-state index contributed by atoms with van der Waals surface area (Å²) in [6.45, 7) is 4.71. The van der Waals surface area contributed by atoms with Crippen molar-refractivity contribution in [1.29, 1.82) is 0 Å². The molecule has 1 saturated heterocycles. The average molecular weight is 433 g/mol. The van der Waals surface area contributed by atoms with E-state index in [2.05, 4.69) is 19.2 Å². The highest BCUT2D eigenvalue weighted by Gasteiger charge is 2.33. The zero-order valence-electron chi connectivity index (χ0n) is 17.5. The molecule has 30 heavy (non-hydrogen) atoms. The molecule has 3 N–H and O–H groups in total. The number of sulfonamides is 1. The van der Waals surface area contributed by atoms with Gasteiger partial charge in [-0.05, 0) is 42.5 Å². The number of primary amides is 1. The van der Waals surface area contributed by atoms with E-state index in [9.17, 15) is 18.0 Å². The number of benzene rings is 1. The van der Waals surface area contributed by atoms with Crippen LogP contribution < -0.4 is 11.1 Å². The molecule has 8 nitrogen and oxygen atoms in total. The van der Waals surface area contributed by atoms with Crippen LogP contribution in [0.15, 0.2) is 41.4 Å². The van der Waals surface area contributed by atoms with Gasteiger partial charge in [0.05, 0.1) is 0 Å². The van der Waals surface area contributed by atoms with Crippen molar-refractivity contribution in [2.24, 2.45) is 18.7 Å². The van der Waals surface area contributed by atoms with E-state index in [4.69, 9.17) is 5.73 Å². The van der Waals surface area contributed by atoms with E-state index in [1.54, 1.807) is 7.05 Å². The molecule has 2 amide bonds. The smallest absolute Gasteiger partial charge is 0.265 e. The maximum atomic E-state index is 12.9. The zero-order chi connectivity index (χ0) is 22.1. The van der Waals surface area contributed by atoms with Gasteiger partial charge in [-0.2, -0.15) is 4.31 Å². The predicted molar refractivity (Wildman–Crippen MR) is 115 cm³/mol. The van der Waals surface area contributed by atoms with Crippen LogP contribution in [0.1, 0.15) is 48.7 Å². The molecule has 9 heteroatoms. The van der Waals surface area contributed by atoms with Gasteiger partial charge in [0.15, 0.2) is 0 Å². The van der Waals surface area contributed by atoms with Gasteiger partial charge < -0.3 is 15.6 Å². The Labute approximate surface area is 177 Å². The van der Waals surface area contributed by atoms with Crippen molar-refractivity contribution in [2.45, 2.75) is 37.5 Å². The van der Waals surface area contributed by atoms with E-state index < -0.39 is 15.9 Å². The van der Waals surface area contributed by atoms with E-state index in [0.29, 0.717) is 18.8 Å². The number of aromatic nitrogens is 1. The molecule has 0 atom stereocenters. The van der Waals surface area contributed by atoms with Crippen LogP contribution in [0, 0.1) is 5.92 Å². The van der Waals surface area contributed by atoms with E-state index in [0.717, 1.165) is 5.69 Å². The molecule has 0 spiro atoms. The molecule has 1 fully saturated rings. The first kappa shape index (κ1) is 22.0. The number of anilines is 1. The van der Waals surface area contributed by atoms with Gasteiger partial charge in [0.1, 0.15) is 10.6 Å². The van der Waals surface area contributed by atoms with Crippen LogP contribution in [-0.2, 0) is 21.9 Å². The van der Waals surface area contributed by atoms with Crippen molar-refractivity contribution in [3.8, 4) is 0 Å². The third-order valence-corrected chi connectivity index (χ3v) is 7.40. The number of nitrogens with two attached hydrogens (primary N) is 1. The molecule has 162 valence electrons. The van der Waals surface area contributed by atoms with E-state index >= 15 is 0 Å². The van der Waals surface area contributed by atoms with Crippen molar-refractivity contribution in [3.63, 3.8) is 0 Å². The fraction of sp³-hybridized carbons (Fsp3) is 0.429. The summed E-state index contributed by atoms with van der Waals surface area (Å²) in [5, 5.41) is 2.92. The number of piperidine rings is 1. The Kier molecular flexibility index (Phi) is 6.33. The van der Waals surface area contributed by atoms with Crippen LogP contribution in [0.5, 0.6) is 0 Å². The summed E-state index contributed by atoms with van der Waals surface area (Å²) in [5.41, 5.74) is 7.35. The number of nitrogens with one attached hydrogen (secondary N) is 1. The monoisotopic (exact) mass is 432 g/mol. The quantitative estimate of drug-likeness (QED) is 0.729. The fourth-order valence-corrected chi connectivity index (χ4v) is 5.16. The van der Waals surface area contributed by atoms with Gasteiger partial charge in [0.2, 0.25) is 15.9 Å². The highest BCUT2D eigenvalue weighted by molar-refractivity contribution is 7.89. The van der Waals surface area contributed by atoms with Gasteiger partial charge >= 0.3 is 0 Å². The number of hydrogen-bond acceptors (Lipinski definition) is 4. The number of aryl methyl sites for hydroxylation is 1. The molecular formula is C21H28N4O4S. The highest BCUT2D eigenvalue weighted by Crippen LogP contribution is 2.26. The first-order valence-corrected chi connectivity index (χ1v) is 11.4. The number of carbonyl (C=O) groups excluding carboxylic acids is 2. The number of amides is 2. The Bertz CT molecular complexity index is 1030. The maximum Gasteiger partial charge on any atom is 0.265 e. The summed E-state index contributed by atoms with van der Waals surface area (Å²) in [6, 6.07) is 9.06. The molecule has 1 aliphatic rings. The normalized spacial score (nSPS) is 16.0. The number of carbonyl (C=O) groups is 2. The third-order valence-electron chi connectivity index (χ3n) is 5.54. The molecule has 2 aromatic rings. The van der Waals surface area contributed by atoms with Crippen LogP contribution in [0.2, 0.25) is 0 Å². The number of hydrogen-bond donors (Lipinski definition) is 2. The second kappa shape index (κ2) is 8.61. The lowest BCUT2D eigenvalue weighted by atomic mass is 9.97. The number of rotatable bonds is 6. The van der Waals surface area contributed by atoms with E-state index in [1.165, 1.54) is 26.7 Å². The maximum absolute atomic E-state index is 12.9. The zero-order valence-corrected chi connectivity index (χ0v) is 18.3. The van der Waals surface area contributed by atoms with Crippen molar-refractivity contribution < 1.29 is 18.0 Å². The van der Waals surface area contributed by atoms with Crippen molar-refractivity contribution in [2.75, 3.05) is 18.4 Å². The Morgan fingerprint density at radius 3 is 2.23 bits per heavy atom. The molecule has 3 rings (SSSR count). The minimum absolute atomic E-state index is 0.0342. The lowest BCUT2D eigenvalue weighted by Gasteiger charge is -2.30. The first-order chi connectivity index (χ1) is 14.1. The molecule has 1 aromatic heterocycles. The van der Waals surface area contributed by atoms with Crippen molar-refractivity contribution in [1.82, 2.24) is 8.87 Å². The van der Waals surface area contributed by atoms with Gasteiger partial charge in [-0.3, -0.25) is 9.59 Å². The second-order valence-electron chi connectivity index (χ2n) is 7.98. The summed E-state index contributed by atoms with van der Waals surface area (Å²) >= 11 is 0. The van der Waals surface area contributed by atoms with Gasteiger partial charge in [0, 0.05) is 37.9 Å². The third kappa shape index (κ3) is 4.57. The van der Waals surface area contributed by atoms with Crippen LogP contribution in [0.25, 0.3) is 0 Å². The minimum atomic E-state index is -3.75. The molecule has 1 aliphatic heterocycles. The number of nitrogens with zero attached hydrogens (tertiary/aromatic N) is 2. The first-order valence-electron chi connectivity index (χ1n) is 9.96. The summed E-state index contributed by atoms with van der Waals surface area (Å²) in [7, 11) is -2.17. The van der Waals surface area contributed by atoms with E-state index in [-0.39, 0.29) is 35.5 Å². The lowest BCUT2D eigenvalue weighted by molar-refractivity contribution is -0.120. The Balaban J connectivity index is 1.61. The lowest BCUT2D eigenvalue weighted by Crippen LogP contribution is -2.41. The average Bonchev–Trinajstić information content (AvgIpc) is 3.11. The van der Waals surface area contributed by atoms with Gasteiger partial charge in [0.25, 0.3) is 5.91 Å². The van der Waals surface area contributed by atoms with Gasteiger partial charge in [-0.15, -0.1) is 0 Å². The fourth-order valence-electron chi connectivity index (χ4n) is 3.62. The Hall–Kier alpha value is -2.65. The predicted octanol–water partition coefficient (Wildman–Crippen LogP) is 2.29. The molecule has 0 bridgehead atoms. The molecule has 0 aliphatic carbocycles. The van der Waals surface area contributed by atoms with Gasteiger partial charge in [-0.1, -0.05) is 26.0 Å².